The monoisotopic (exact) mass is 282 g/mol. The third-order valence-corrected chi connectivity index (χ3v) is 3.93. The molecule has 1 aliphatic rings. The number of aromatic amines is 1. The minimum Gasteiger partial charge on any atom is -0.372 e. The van der Waals surface area contributed by atoms with Crippen LogP contribution in [0.4, 0.5) is 10.1 Å². The highest BCUT2D eigenvalue weighted by Gasteiger charge is 2.48. The number of rotatable bonds is 1. The molecule has 2 heterocycles. The van der Waals surface area contributed by atoms with E-state index in [4.69, 9.17) is 0 Å². The van der Waals surface area contributed by atoms with Crippen molar-refractivity contribution >= 4 is 22.5 Å². The van der Waals surface area contributed by atoms with E-state index in [9.17, 15) is 14.3 Å². The van der Waals surface area contributed by atoms with Gasteiger partial charge in [-0.25, -0.2) is 4.39 Å². The summed E-state index contributed by atoms with van der Waals surface area (Å²) in [6.07, 6.45) is 1.59. The van der Waals surface area contributed by atoms with Crippen molar-refractivity contribution in [2.24, 2.45) is 0 Å². The standard InChI is InChI=1S/C16H11FN2O2/c17-9-5-6-14-11(7-9)16(21,15(20)19-14)12-8-18-13-4-2-1-3-10(12)13/h1-8,18,21H,(H,19,20)/t16-/m0/s1. The smallest absolute Gasteiger partial charge is 0.265 e. The Bertz CT molecular complexity index is 887. The minimum atomic E-state index is -1.89. The number of anilines is 1. The lowest BCUT2D eigenvalue weighted by atomic mass is 9.87. The maximum absolute atomic E-state index is 13.5. The summed E-state index contributed by atoms with van der Waals surface area (Å²) in [5.74, 6) is -1.07. The Hall–Kier alpha value is -2.66. The maximum Gasteiger partial charge on any atom is 0.265 e. The van der Waals surface area contributed by atoms with Crippen LogP contribution in [0.25, 0.3) is 10.9 Å². The maximum atomic E-state index is 13.5. The number of amides is 1. The average molecular weight is 282 g/mol. The predicted octanol–water partition coefficient (Wildman–Crippen LogP) is 2.50. The zero-order valence-corrected chi connectivity index (χ0v) is 10.9. The molecule has 0 aliphatic carbocycles. The molecule has 5 heteroatoms. The molecule has 0 spiro atoms. The molecule has 4 nitrogen and oxygen atoms in total. The number of carbonyl (C=O) groups is 1. The van der Waals surface area contributed by atoms with Crippen LogP contribution in [0, 0.1) is 5.82 Å². The molecule has 0 radical (unpaired) electrons. The highest BCUT2D eigenvalue weighted by atomic mass is 19.1. The molecule has 0 saturated carbocycles. The van der Waals surface area contributed by atoms with Gasteiger partial charge in [0.05, 0.1) is 0 Å². The van der Waals surface area contributed by atoms with Crippen LogP contribution in [-0.4, -0.2) is 16.0 Å². The highest BCUT2D eigenvalue weighted by Crippen LogP contribution is 2.43. The molecule has 1 amide bonds. The Labute approximate surface area is 119 Å². The van der Waals surface area contributed by atoms with Gasteiger partial charge >= 0.3 is 0 Å². The van der Waals surface area contributed by atoms with E-state index in [-0.39, 0.29) is 5.56 Å². The molecule has 3 N–H and O–H groups in total. The Balaban J connectivity index is 2.03. The number of aliphatic hydroxyl groups is 1. The lowest BCUT2D eigenvalue weighted by Gasteiger charge is -2.20. The molecule has 0 bridgehead atoms. The molecule has 2 aromatic carbocycles. The van der Waals surface area contributed by atoms with Crippen LogP contribution >= 0.6 is 0 Å². The Kier molecular flexibility index (Phi) is 2.26. The Morgan fingerprint density at radius 3 is 2.76 bits per heavy atom. The number of H-pyrrole nitrogens is 1. The van der Waals surface area contributed by atoms with Gasteiger partial charge in [0, 0.05) is 33.9 Å². The van der Waals surface area contributed by atoms with E-state index in [1.165, 1.54) is 18.2 Å². The van der Waals surface area contributed by atoms with E-state index < -0.39 is 17.3 Å². The van der Waals surface area contributed by atoms with Crippen molar-refractivity contribution in [1.82, 2.24) is 4.98 Å². The molecule has 0 saturated heterocycles. The van der Waals surface area contributed by atoms with Gasteiger partial charge in [-0.1, -0.05) is 18.2 Å². The second-order valence-corrected chi connectivity index (χ2v) is 5.10. The second-order valence-electron chi connectivity index (χ2n) is 5.10. The van der Waals surface area contributed by atoms with Crippen molar-refractivity contribution < 1.29 is 14.3 Å². The molecule has 104 valence electrons. The average Bonchev–Trinajstić information content (AvgIpc) is 3.01. The van der Waals surface area contributed by atoms with E-state index in [1.807, 2.05) is 24.3 Å². The van der Waals surface area contributed by atoms with Gasteiger partial charge in [0.1, 0.15) is 5.82 Å². The number of hydrogen-bond acceptors (Lipinski definition) is 2. The number of halogens is 1. The van der Waals surface area contributed by atoms with Gasteiger partial charge < -0.3 is 15.4 Å². The summed E-state index contributed by atoms with van der Waals surface area (Å²) in [7, 11) is 0. The summed E-state index contributed by atoms with van der Waals surface area (Å²) in [6.45, 7) is 0. The third kappa shape index (κ3) is 1.49. The predicted molar refractivity (Wildman–Crippen MR) is 76.3 cm³/mol. The number of aromatic nitrogens is 1. The third-order valence-electron chi connectivity index (χ3n) is 3.93. The summed E-state index contributed by atoms with van der Waals surface area (Å²) < 4.78 is 13.5. The molecule has 1 aliphatic heterocycles. The van der Waals surface area contributed by atoms with Gasteiger partial charge in [0.25, 0.3) is 5.91 Å². The summed E-state index contributed by atoms with van der Waals surface area (Å²) in [6, 6.07) is 11.2. The first-order valence-corrected chi connectivity index (χ1v) is 6.51. The second kappa shape index (κ2) is 3.93. The first-order chi connectivity index (χ1) is 10.1. The fourth-order valence-electron chi connectivity index (χ4n) is 2.90. The number of nitrogens with one attached hydrogen (secondary N) is 2. The van der Waals surface area contributed by atoms with Crippen LogP contribution in [0.2, 0.25) is 0 Å². The van der Waals surface area contributed by atoms with Crippen LogP contribution in [-0.2, 0) is 10.4 Å². The number of hydrogen-bond donors (Lipinski definition) is 3. The molecule has 21 heavy (non-hydrogen) atoms. The first-order valence-electron chi connectivity index (χ1n) is 6.51. The van der Waals surface area contributed by atoms with Crippen molar-refractivity contribution in [3.63, 3.8) is 0 Å². The summed E-state index contributed by atoms with van der Waals surface area (Å²) in [5, 5.41) is 14.3. The lowest BCUT2D eigenvalue weighted by molar-refractivity contribution is -0.129. The largest absolute Gasteiger partial charge is 0.372 e. The molecule has 0 unspecified atom stereocenters. The van der Waals surface area contributed by atoms with Crippen LogP contribution < -0.4 is 5.32 Å². The van der Waals surface area contributed by atoms with Crippen molar-refractivity contribution in [3.8, 4) is 0 Å². The van der Waals surface area contributed by atoms with E-state index in [0.717, 1.165) is 10.9 Å². The Morgan fingerprint density at radius 2 is 1.90 bits per heavy atom. The molecule has 3 aromatic rings. The summed E-state index contributed by atoms with van der Waals surface area (Å²) in [5.41, 5.74) is -0.0122. The lowest BCUT2D eigenvalue weighted by Crippen LogP contribution is -2.35. The fourth-order valence-corrected chi connectivity index (χ4v) is 2.90. The number of carbonyl (C=O) groups excluding carboxylic acids is 1. The number of benzene rings is 2. The van der Waals surface area contributed by atoms with Crippen LogP contribution in [0.3, 0.4) is 0 Å². The van der Waals surface area contributed by atoms with Gasteiger partial charge in [-0.05, 0) is 24.3 Å². The highest BCUT2D eigenvalue weighted by molar-refractivity contribution is 6.09. The van der Waals surface area contributed by atoms with Crippen LogP contribution in [0.1, 0.15) is 11.1 Å². The van der Waals surface area contributed by atoms with Crippen LogP contribution in [0.5, 0.6) is 0 Å². The van der Waals surface area contributed by atoms with Crippen molar-refractivity contribution in [2.75, 3.05) is 5.32 Å². The molecular formula is C16H11FN2O2. The van der Waals surface area contributed by atoms with E-state index >= 15 is 0 Å². The van der Waals surface area contributed by atoms with Gasteiger partial charge in [0.2, 0.25) is 0 Å². The fraction of sp³-hybridized carbons (Fsp3) is 0.0625. The molecule has 0 fully saturated rings. The van der Waals surface area contributed by atoms with Crippen LogP contribution in [0.15, 0.2) is 48.7 Å². The summed E-state index contributed by atoms with van der Waals surface area (Å²) in [4.78, 5) is 15.3. The van der Waals surface area contributed by atoms with Gasteiger partial charge in [0.15, 0.2) is 5.60 Å². The van der Waals surface area contributed by atoms with Gasteiger partial charge in [-0.2, -0.15) is 0 Å². The number of para-hydroxylation sites is 1. The first kappa shape index (κ1) is 12.1. The van der Waals surface area contributed by atoms with E-state index in [0.29, 0.717) is 11.3 Å². The van der Waals surface area contributed by atoms with Gasteiger partial charge in [-0.3, -0.25) is 4.79 Å². The molecule has 1 aromatic heterocycles. The van der Waals surface area contributed by atoms with Crippen molar-refractivity contribution in [3.05, 3.63) is 65.6 Å². The normalized spacial score (nSPS) is 20.6. The van der Waals surface area contributed by atoms with E-state index in [2.05, 4.69) is 10.3 Å². The van der Waals surface area contributed by atoms with Gasteiger partial charge in [-0.15, -0.1) is 0 Å². The number of fused-ring (bicyclic) bond motifs is 2. The Morgan fingerprint density at radius 1 is 1.10 bits per heavy atom. The zero-order chi connectivity index (χ0) is 14.6. The molecule has 4 rings (SSSR count). The molecular weight excluding hydrogens is 271 g/mol. The minimum absolute atomic E-state index is 0.234. The van der Waals surface area contributed by atoms with E-state index in [1.54, 1.807) is 6.20 Å². The zero-order valence-electron chi connectivity index (χ0n) is 10.9. The topological polar surface area (TPSA) is 65.1 Å². The SMILES string of the molecule is O=C1Nc2ccc(F)cc2[C@]1(O)c1c[nH]c2ccccc12. The quantitative estimate of drug-likeness (QED) is 0.642. The molecule has 1 atom stereocenters. The van der Waals surface area contributed by atoms with Crippen molar-refractivity contribution in [2.45, 2.75) is 5.60 Å². The summed E-state index contributed by atoms with van der Waals surface area (Å²) >= 11 is 0. The van der Waals surface area contributed by atoms with Crippen molar-refractivity contribution in [1.29, 1.82) is 0 Å².